The highest BCUT2D eigenvalue weighted by atomic mass is 35.5. The van der Waals surface area contributed by atoms with Crippen molar-refractivity contribution in [3.8, 4) is 5.88 Å². The van der Waals surface area contributed by atoms with Gasteiger partial charge in [-0.3, -0.25) is 10.1 Å². The fraction of sp³-hybridized carbons (Fsp3) is 0.692. The third-order valence-corrected chi connectivity index (χ3v) is 4.18. The van der Waals surface area contributed by atoms with Crippen molar-refractivity contribution in [2.75, 3.05) is 0 Å². The van der Waals surface area contributed by atoms with Gasteiger partial charge >= 0.3 is 5.69 Å². The van der Waals surface area contributed by atoms with Gasteiger partial charge in [0.2, 0.25) is 5.28 Å². The van der Waals surface area contributed by atoms with Crippen LogP contribution in [0.25, 0.3) is 0 Å². The summed E-state index contributed by atoms with van der Waals surface area (Å²) in [7, 11) is 0. The number of hydrogen-bond donors (Lipinski definition) is 0. The van der Waals surface area contributed by atoms with Crippen LogP contribution in [0, 0.1) is 28.9 Å². The zero-order valence-corrected chi connectivity index (χ0v) is 12.6. The van der Waals surface area contributed by atoms with E-state index in [9.17, 15) is 10.1 Å². The fourth-order valence-corrected chi connectivity index (χ4v) is 2.77. The average Bonchev–Trinajstić information content (AvgIpc) is 2.32. The molecule has 1 saturated carbocycles. The van der Waals surface area contributed by atoms with Crippen LogP contribution in [0.3, 0.4) is 0 Å². The van der Waals surface area contributed by atoms with Crippen LogP contribution < -0.4 is 4.74 Å². The van der Waals surface area contributed by atoms with Gasteiger partial charge in [-0.2, -0.15) is 4.98 Å². The number of nitro groups is 1. The monoisotopic (exact) mass is 299 g/mol. The average molecular weight is 300 g/mol. The molecule has 1 heterocycles. The number of aryl methyl sites for hydroxylation is 1. The highest BCUT2D eigenvalue weighted by Crippen LogP contribution is 2.35. The molecule has 1 aliphatic carbocycles. The minimum atomic E-state index is -0.518. The van der Waals surface area contributed by atoms with E-state index in [0.717, 1.165) is 19.3 Å². The Bertz CT molecular complexity index is 524. The summed E-state index contributed by atoms with van der Waals surface area (Å²) >= 11 is 5.77. The minimum absolute atomic E-state index is 0.0146. The first kappa shape index (κ1) is 15.0. The molecule has 0 spiro atoms. The maximum atomic E-state index is 11.1. The molecule has 0 amide bonds. The first-order valence-corrected chi connectivity index (χ1v) is 7.11. The van der Waals surface area contributed by atoms with Crippen molar-refractivity contribution in [1.29, 1.82) is 0 Å². The molecule has 1 fully saturated rings. The van der Waals surface area contributed by atoms with Crippen molar-refractivity contribution >= 4 is 17.3 Å². The summed E-state index contributed by atoms with van der Waals surface area (Å²) in [5.74, 6) is 1.17. The summed E-state index contributed by atoms with van der Waals surface area (Å²) in [4.78, 5) is 18.3. The van der Waals surface area contributed by atoms with E-state index in [1.807, 2.05) is 0 Å². The third-order valence-electron chi connectivity index (χ3n) is 4.01. The van der Waals surface area contributed by atoms with E-state index in [2.05, 4.69) is 23.8 Å². The number of halogens is 1. The molecule has 1 aliphatic rings. The van der Waals surface area contributed by atoms with Crippen molar-refractivity contribution in [2.45, 2.75) is 46.1 Å². The van der Waals surface area contributed by atoms with Gasteiger partial charge < -0.3 is 4.74 Å². The molecule has 1 aromatic rings. The van der Waals surface area contributed by atoms with Crippen molar-refractivity contribution in [2.24, 2.45) is 11.8 Å². The smallest absolute Gasteiger partial charge is 0.352 e. The first-order chi connectivity index (χ1) is 9.38. The predicted molar refractivity (Wildman–Crippen MR) is 75.0 cm³/mol. The fourth-order valence-electron chi connectivity index (χ4n) is 2.56. The molecule has 2 rings (SSSR count). The van der Waals surface area contributed by atoms with Crippen molar-refractivity contribution in [3.63, 3.8) is 0 Å². The normalized spacial score (nSPS) is 26.3. The number of hydrogen-bond acceptors (Lipinski definition) is 5. The number of nitrogens with zero attached hydrogens (tertiary/aromatic N) is 3. The quantitative estimate of drug-likeness (QED) is 0.484. The van der Waals surface area contributed by atoms with Gasteiger partial charge in [-0.25, -0.2) is 4.98 Å². The Morgan fingerprint density at radius 2 is 2.00 bits per heavy atom. The summed E-state index contributed by atoms with van der Waals surface area (Å²) in [6.07, 6.45) is 2.75. The van der Waals surface area contributed by atoms with Gasteiger partial charge in [-0.1, -0.05) is 13.8 Å². The van der Waals surface area contributed by atoms with Crippen LogP contribution in [0.1, 0.15) is 38.8 Å². The van der Waals surface area contributed by atoms with Crippen LogP contribution in [-0.2, 0) is 0 Å². The van der Waals surface area contributed by atoms with E-state index in [1.165, 1.54) is 6.92 Å². The lowest BCUT2D eigenvalue weighted by atomic mass is 9.80. The summed E-state index contributed by atoms with van der Waals surface area (Å²) in [6.45, 7) is 5.92. The van der Waals surface area contributed by atoms with E-state index in [0.29, 0.717) is 11.8 Å². The lowest BCUT2D eigenvalue weighted by Crippen LogP contribution is -2.29. The maximum Gasteiger partial charge on any atom is 0.352 e. The SMILES string of the molecule is Cc1nc(Cl)nc(OC2CCC(C)C(C)C2)c1[N+](=O)[O-]. The lowest BCUT2D eigenvalue weighted by molar-refractivity contribution is -0.387. The van der Waals surface area contributed by atoms with Gasteiger partial charge in [0.25, 0.3) is 5.88 Å². The van der Waals surface area contributed by atoms with Crippen LogP contribution in [0.4, 0.5) is 5.69 Å². The zero-order chi connectivity index (χ0) is 14.9. The Kier molecular flexibility index (Phi) is 4.42. The second kappa shape index (κ2) is 5.91. The molecule has 0 N–H and O–H groups in total. The van der Waals surface area contributed by atoms with Gasteiger partial charge in [0.05, 0.1) is 4.92 Å². The van der Waals surface area contributed by atoms with Gasteiger partial charge in [-0.05, 0) is 49.6 Å². The molecule has 0 aliphatic heterocycles. The lowest BCUT2D eigenvalue weighted by Gasteiger charge is -2.31. The highest BCUT2D eigenvalue weighted by Gasteiger charge is 2.30. The van der Waals surface area contributed by atoms with E-state index in [1.54, 1.807) is 0 Å². The number of rotatable bonds is 3. The molecule has 0 saturated heterocycles. The minimum Gasteiger partial charge on any atom is -0.469 e. The number of aromatic nitrogens is 2. The Balaban J connectivity index is 2.23. The molecule has 6 nitrogen and oxygen atoms in total. The maximum absolute atomic E-state index is 11.1. The van der Waals surface area contributed by atoms with Crippen molar-refractivity contribution in [1.82, 2.24) is 9.97 Å². The molecule has 1 aromatic heterocycles. The van der Waals surface area contributed by atoms with Crippen molar-refractivity contribution < 1.29 is 9.66 Å². The largest absolute Gasteiger partial charge is 0.469 e. The molecule has 3 atom stereocenters. The Hall–Kier alpha value is -1.43. The first-order valence-electron chi connectivity index (χ1n) is 6.73. The van der Waals surface area contributed by atoms with Gasteiger partial charge in [0, 0.05) is 0 Å². The molecule has 110 valence electrons. The molecular weight excluding hydrogens is 282 g/mol. The third kappa shape index (κ3) is 3.17. The Morgan fingerprint density at radius 3 is 2.60 bits per heavy atom. The van der Waals surface area contributed by atoms with E-state index in [4.69, 9.17) is 16.3 Å². The summed E-state index contributed by atoms with van der Waals surface area (Å²) in [5, 5.41) is 11.1. The molecule has 0 bridgehead atoms. The van der Waals surface area contributed by atoms with Crippen LogP contribution >= 0.6 is 11.6 Å². The van der Waals surface area contributed by atoms with Crippen LogP contribution in [-0.4, -0.2) is 21.0 Å². The summed E-state index contributed by atoms with van der Waals surface area (Å²) in [6, 6.07) is 0. The summed E-state index contributed by atoms with van der Waals surface area (Å²) in [5.41, 5.74) is 0.0305. The zero-order valence-electron chi connectivity index (χ0n) is 11.8. The van der Waals surface area contributed by atoms with Gasteiger partial charge in [0.15, 0.2) is 0 Å². The van der Waals surface area contributed by atoms with Gasteiger partial charge in [-0.15, -0.1) is 0 Å². The standard InChI is InChI=1S/C13H18ClN3O3/c1-7-4-5-10(6-8(7)2)20-12-11(17(18)19)9(3)15-13(14)16-12/h7-8,10H,4-6H2,1-3H3. The van der Waals surface area contributed by atoms with E-state index in [-0.39, 0.29) is 28.6 Å². The predicted octanol–water partition coefficient (Wildman–Crippen LogP) is 3.55. The van der Waals surface area contributed by atoms with Crippen LogP contribution in [0.2, 0.25) is 5.28 Å². The highest BCUT2D eigenvalue weighted by molar-refractivity contribution is 6.28. The second-order valence-electron chi connectivity index (χ2n) is 5.50. The molecule has 20 heavy (non-hydrogen) atoms. The molecule has 0 aromatic carbocycles. The van der Waals surface area contributed by atoms with Crippen molar-refractivity contribution in [3.05, 3.63) is 21.1 Å². The molecule has 3 unspecified atom stereocenters. The molecular formula is C13H18ClN3O3. The molecule has 0 radical (unpaired) electrons. The Morgan fingerprint density at radius 1 is 1.30 bits per heavy atom. The number of ether oxygens (including phenoxy) is 1. The Labute approximate surface area is 122 Å². The van der Waals surface area contributed by atoms with Crippen LogP contribution in [0.5, 0.6) is 5.88 Å². The topological polar surface area (TPSA) is 78.2 Å². The van der Waals surface area contributed by atoms with Gasteiger partial charge in [0.1, 0.15) is 11.8 Å². The molecule has 7 heteroatoms. The van der Waals surface area contributed by atoms with E-state index >= 15 is 0 Å². The second-order valence-corrected chi connectivity index (χ2v) is 5.83. The van der Waals surface area contributed by atoms with E-state index < -0.39 is 4.92 Å². The van der Waals surface area contributed by atoms with Crippen LogP contribution in [0.15, 0.2) is 0 Å². The summed E-state index contributed by atoms with van der Waals surface area (Å²) < 4.78 is 5.75.